The van der Waals surface area contributed by atoms with Crippen LogP contribution >= 0.6 is 0 Å². The molecule has 116 valence electrons. The van der Waals surface area contributed by atoms with Crippen LogP contribution in [0.2, 0.25) is 0 Å². The van der Waals surface area contributed by atoms with E-state index in [0.717, 1.165) is 29.7 Å². The molecule has 0 unspecified atom stereocenters. The number of carbonyl (C=O) groups excluding carboxylic acids is 1. The molecule has 0 saturated heterocycles. The number of aliphatic hydroxyl groups excluding tert-OH is 1. The van der Waals surface area contributed by atoms with Gasteiger partial charge in [0.25, 0.3) is 5.91 Å². The molecule has 0 aromatic heterocycles. The monoisotopic (exact) mass is 291 g/mol. The summed E-state index contributed by atoms with van der Waals surface area (Å²) in [6, 6.07) is 6.30. The van der Waals surface area contributed by atoms with Crippen LogP contribution < -0.4 is 4.74 Å². The first kappa shape index (κ1) is 15.8. The van der Waals surface area contributed by atoms with Crippen LogP contribution in [0.1, 0.15) is 36.8 Å². The van der Waals surface area contributed by atoms with Gasteiger partial charge in [-0.05, 0) is 50.7 Å². The molecule has 0 atom stereocenters. The number of ether oxygens (including phenoxy) is 1. The lowest BCUT2D eigenvalue weighted by Gasteiger charge is -2.37. The largest absolute Gasteiger partial charge is 0.483 e. The molecule has 0 bridgehead atoms. The molecule has 1 aliphatic carbocycles. The fraction of sp³-hybridized carbons (Fsp3) is 0.588. The van der Waals surface area contributed by atoms with Crippen LogP contribution in [-0.4, -0.2) is 41.7 Å². The zero-order valence-corrected chi connectivity index (χ0v) is 13.0. The number of benzene rings is 1. The van der Waals surface area contributed by atoms with Gasteiger partial charge in [-0.3, -0.25) is 4.79 Å². The highest BCUT2D eigenvalue weighted by Gasteiger charge is 2.28. The van der Waals surface area contributed by atoms with Gasteiger partial charge in [0.15, 0.2) is 6.61 Å². The second-order valence-corrected chi connectivity index (χ2v) is 5.76. The minimum Gasteiger partial charge on any atom is -0.483 e. The molecule has 4 nitrogen and oxygen atoms in total. The van der Waals surface area contributed by atoms with Crippen LogP contribution in [0.4, 0.5) is 0 Å². The Morgan fingerprint density at radius 3 is 2.52 bits per heavy atom. The van der Waals surface area contributed by atoms with Gasteiger partial charge < -0.3 is 14.7 Å². The summed E-state index contributed by atoms with van der Waals surface area (Å²) in [6.45, 7) is 4.79. The van der Waals surface area contributed by atoms with Gasteiger partial charge in [0.1, 0.15) is 5.75 Å². The minimum atomic E-state index is 0.0239. The molecule has 21 heavy (non-hydrogen) atoms. The van der Waals surface area contributed by atoms with Gasteiger partial charge >= 0.3 is 0 Å². The second kappa shape index (κ2) is 7.46. The third-order valence-corrected chi connectivity index (χ3v) is 4.14. The third kappa shape index (κ3) is 3.97. The van der Waals surface area contributed by atoms with Gasteiger partial charge in [0.05, 0.1) is 0 Å². The van der Waals surface area contributed by atoms with Crippen LogP contribution in [0.25, 0.3) is 0 Å². The molecule has 1 N–H and O–H groups in total. The van der Waals surface area contributed by atoms with Crippen molar-refractivity contribution in [1.82, 2.24) is 4.90 Å². The van der Waals surface area contributed by atoms with Crippen molar-refractivity contribution in [3.05, 3.63) is 29.3 Å². The van der Waals surface area contributed by atoms with E-state index in [1.807, 2.05) is 36.9 Å². The van der Waals surface area contributed by atoms with Crippen LogP contribution in [0.5, 0.6) is 5.75 Å². The molecule has 1 fully saturated rings. The summed E-state index contributed by atoms with van der Waals surface area (Å²) in [5, 5.41) is 8.98. The summed E-state index contributed by atoms with van der Waals surface area (Å²) in [5.41, 5.74) is 2.10. The van der Waals surface area contributed by atoms with Gasteiger partial charge in [-0.25, -0.2) is 0 Å². The van der Waals surface area contributed by atoms with Gasteiger partial charge in [-0.2, -0.15) is 0 Å². The van der Waals surface area contributed by atoms with E-state index in [4.69, 9.17) is 9.84 Å². The summed E-state index contributed by atoms with van der Waals surface area (Å²) in [5.74, 6) is 0.831. The molecule has 1 aromatic carbocycles. The standard InChI is InChI=1S/C17H25NO3/c1-13-6-3-7-14(2)17(13)21-12-16(20)18(10-5-11-19)15-8-4-9-15/h3,6-7,15,19H,4-5,8-12H2,1-2H3. The molecular weight excluding hydrogens is 266 g/mol. The molecule has 0 radical (unpaired) electrons. The normalized spacial score (nSPS) is 14.6. The predicted octanol–water partition coefficient (Wildman–Crippen LogP) is 2.45. The fourth-order valence-electron chi connectivity index (χ4n) is 2.69. The maximum atomic E-state index is 12.4. The minimum absolute atomic E-state index is 0.0239. The Morgan fingerprint density at radius 2 is 2.00 bits per heavy atom. The number of hydrogen-bond donors (Lipinski definition) is 1. The Bertz CT molecular complexity index is 463. The first-order valence-electron chi connectivity index (χ1n) is 7.73. The molecule has 1 aliphatic rings. The third-order valence-electron chi connectivity index (χ3n) is 4.14. The summed E-state index contributed by atoms with van der Waals surface area (Å²) in [7, 11) is 0. The van der Waals surface area contributed by atoms with E-state index in [9.17, 15) is 4.79 Å². The second-order valence-electron chi connectivity index (χ2n) is 5.76. The number of amides is 1. The van der Waals surface area contributed by atoms with Crippen molar-refractivity contribution < 1.29 is 14.6 Å². The first-order valence-corrected chi connectivity index (χ1v) is 7.73. The van der Waals surface area contributed by atoms with Gasteiger partial charge in [0.2, 0.25) is 0 Å². The maximum absolute atomic E-state index is 12.4. The lowest BCUT2D eigenvalue weighted by atomic mass is 9.91. The lowest BCUT2D eigenvalue weighted by molar-refractivity contribution is -0.137. The Labute approximate surface area is 126 Å². The Kier molecular flexibility index (Phi) is 5.62. The van der Waals surface area contributed by atoms with Crippen molar-refractivity contribution >= 4 is 5.91 Å². The maximum Gasteiger partial charge on any atom is 0.260 e. The number of aliphatic hydroxyl groups is 1. The molecule has 1 aromatic rings. The Balaban J connectivity index is 1.95. The van der Waals surface area contributed by atoms with Crippen LogP contribution in [-0.2, 0) is 4.79 Å². The quantitative estimate of drug-likeness (QED) is 0.839. The molecule has 1 amide bonds. The summed E-state index contributed by atoms with van der Waals surface area (Å²) in [4.78, 5) is 14.3. The number of hydrogen-bond acceptors (Lipinski definition) is 3. The zero-order valence-electron chi connectivity index (χ0n) is 13.0. The van der Waals surface area contributed by atoms with Crippen molar-refractivity contribution in [3.8, 4) is 5.75 Å². The van der Waals surface area contributed by atoms with E-state index in [1.165, 1.54) is 6.42 Å². The molecular formula is C17H25NO3. The molecule has 0 spiro atoms. The van der Waals surface area contributed by atoms with Gasteiger partial charge in [0, 0.05) is 19.2 Å². The highest BCUT2D eigenvalue weighted by Crippen LogP contribution is 2.26. The molecule has 1 saturated carbocycles. The van der Waals surface area contributed by atoms with Gasteiger partial charge in [-0.1, -0.05) is 18.2 Å². The van der Waals surface area contributed by atoms with Crippen molar-refractivity contribution in [2.45, 2.75) is 45.6 Å². The summed E-state index contributed by atoms with van der Waals surface area (Å²) in [6.07, 6.45) is 3.96. The van der Waals surface area contributed by atoms with Gasteiger partial charge in [-0.15, -0.1) is 0 Å². The highest BCUT2D eigenvalue weighted by molar-refractivity contribution is 5.78. The predicted molar refractivity (Wildman–Crippen MR) is 82.5 cm³/mol. The number of carbonyl (C=O) groups is 1. The zero-order chi connectivity index (χ0) is 15.2. The van der Waals surface area contributed by atoms with Crippen molar-refractivity contribution in [1.29, 1.82) is 0 Å². The van der Waals surface area contributed by atoms with Crippen molar-refractivity contribution in [3.63, 3.8) is 0 Å². The molecule has 0 heterocycles. The first-order chi connectivity index (χ1) is 10.1. The Morgan fingerprint density at radius 1 is 1.33 bits per heavy atom. The van der Waals surface area contributed by atoms with E-state index in [-0.39, 0.29) is 19.1 Å². The fourth-order valence-corrected chi connectivity index (χ4v) is 2.69. The lowest BCUT2D eigenvalue weighted by Crippen LogP contribution is -2.46. The van der Waals surface area contributed by atoms with E-state index >= 15 is 0 Å². The number of aryl methyl sites for hydroxylation is 2. The van der Waals surface area contributed by atoms with Crippen LogP contribution in [0, 0.1) is 13.8 Å². The Hall–Kier alpha value is -1.55. The van der Waals surface area contributed by atoms with E-state index in [0.29, 0.717) is 19.0 Å². The smallest absolute Gasteiger partial charge is 0.260 e. The average Bonchev–Trinajstić information content (AvgIpc) is 2.40. The van der Waals surface area contributed by atoms with E-state index in [2.05, 4.69) is 0 Å². The average molecular weight is 291 g/mol. The molecule has 4 heteroatoms. The summed E-state index contributed by atoms with van der Waals surface area (Å²) >= 11 is 0. The van der Waals surface area contributed by atoms with E-state index in [1.54, 1.807) is 0 Å². The number of nitrogens with zero attached hydrogens (tertiary/aromatic N) is 1. The van der Waals surface area contributed by atoms with Crippen molar-refractivity contribution in [2.75, 3.05) is 19.8 Å². The topological polar surface area (TPSA) is 49.8 Å². The number of rotatable bonds is 7. The molecule has 0 aliphatic heterocycles. The van der Waals surface area contributed by atoms with Crippen LogP contribution in [0.15, 0.2) is 18.2 Å². The van der Waals surface area contributed by atoms with Crippen molar-refractivity contribution in [2.24, 2.45) is 0 Å². The number of para-hydroxylation sites is 1. The molecule has 2 rings (SSSR count). The SMILES string of the molecule is Cc1cccc(C)c1OCC(=O)N(CCCO)C1CCC1. The van der Waals surface area contributed by atoms with E-state index < -0.39 is 0 Å². The van der Waals surface area contributed by atoms with Crippen LogP contribution in [0.3, 0.4) is 0 Å². The summed E-state index contributed by atoms with van der Waals surface area (Å²) < 4.78 is 5.76. The highest BCUT2D eigenvalue weighted by atomic mass is 16.5.